The van der Waals surface area contributed by atoms with Crippen molar-refractivity contribution in [3.8, 4) is 11.3 Å². The van der Waals surface area contributed by atoms with Crippen molar-refractivity contribution < 1.29 is 4.79 Å². The number of carbonyl (C=O) groups is 1. The zero-order valence-corrected chi connectivity index (χ0v) is 13.8. The number of rotatable bonds is 4. The van der Waals surface area contributed by atoms with Gasteiger partial charge in [-0.1, -0.05) is 23.7 Å². The smallest absolute Gasteiger partial charge is 0.291 e. The first-order valence-electron chi connectivity index (χ1n) is 7.32. The third-order valence-electron chi connectivity index (χ3n) is 3.59. The van der Waals surface area contributed by atoms with E-state index in [1.54, 1.807) is 36.5 Å². The Hall–Kier alpha value is -3.19. The Morgan fingerprint density at radius 1 is 1.24 bits per heavy atom. The number of benzene rings is 1. The summed E-state index contributed by atoms with van der Waals surface area (Å²) >= 11 is 5.97. The first-order chi connectivity index (χ1) is 12.0. The van der Waals surface area contributed by atoms with Crippen molar-refractivity contribution in [1.29, 1.82) is 0 Å². The van der Waals surface area contributed by atoms with Gasteiger partial charge >= 0.3 is 0 Å². The number of nitrogen functional groups attached to an aromatic ring is 1. The molecule has 1 aromatic carbocycles. The van der Waals surface area contributed by atoms with Gasteiger partial charge in [-0.2, -0.15) is 5.10 Å². The summed E-state index contributed by atoms with van der Waals surface area (Å²) in [7, 11) is 0. The average Bonchev–Trinajstić information content (AvgIpc) is 2.59. The highest BCUT2D eigenvalue weighted by Gasteiger charge is 2.21. The molecular weight excluding hydrogens is 342 g/mol. The molecule has 3 aromatic rings. The summed E-state index contributed by atoms with van der Waals surface area (Å²) in [5.41, 5.74) is 11.8. The number of aromatic nitrogens is 3. The van der Waals surface area contributed by atoms with Crippen LogP contribution in [0.4, 0.5) is 5.69 Å². The Morgan fingerprint density at radius 3 is 2.68 bits per heavy atom. The van der Waals surface area contributed by atoms with E-state index in [9.17, 15) is 9.59 Å². The monoisotopic (exact) mass is 355 g/mol. The van der Waals surface area contributed by atoms with Crippen LogP contribution in [-0.4, -0.2) is 20.7 Å². The van der Waals surface area contributed by atoms with Crippen molar-refractivity contribution in [2.45, 2.75) is 6.54 Å². The molecule has 0 saturated carbocycles. The average molecular weight is 356 g/mol. The van der Waals surface area contributed by atoms with E-state index in [0.29, 0.717) is 10.6 Å². The number of nitrogens with zero attached hydrogens (tertiary/aromatic N) is 3. The minimum Gasteiger partial charge on any atom is -0.393 e. The molecule has 1 amide bonds. The SMILES string of the molecule is NC(=O)c1c(-c2cccnc2)nn(Cc2cccc(Cl)c2)c(=O)c1N. The molecule has 3 rings (SSSR count). The highest BCUT2D eigenvalue weighted by molar-refractivity contribution is 6.30. The van der Waals surface area contributed by atoms with Crippen LogP contribution in [0.2, 0.25) is 5.02 Å². The molecule has 7 nitrogen and oxygen atoms in total. The number of carbonyl (C=O) groups excluding carboxylic acids is 1. The fourth-order valence-electron chi connectivity index (χ4n) is 2.46. The first kappa shape index (κ1) is 16.7. The van der Waals surface area contributed by atoms with Crippen LogP contribution >= 0.6 is 11.6 Å². The van der Waals surface area contributed by atoms with E-state index < -0.39 is 11.5 Å². The second-order valence-corrected chi connectivity index (χ2v) is 5.77. The van der Waals surface area contributed by atoms with Crippen LogP contribution in [0.15, 0.2) is 53.6 Å². The molecule has 0 atom stereocenters. The lowest BCUT2D eigenvalue weighted by molar-refractivity contribution is 0.100. The molecule has 0 fully saturated rings. The molecular formula is C17H14ClN5O2. The number of pyridine rings is 1. The zero-order valence-electron chi connectivity index (χ0n) is 13.0. The molecule has 4 N–H and O–H groups in total. The maximum Gasteiger partial charge on any atom is 0.291 e. The predicted molar refractivity (Wildman–Crippen MR) is 95.2 cm³/mol. The zero-order chi connectivity index (χ0) is 18.0. The van der Waals surface area contributed by atoms with E-state index in [1.165, 1.54) is 10.9 Å². The maximum atomic E-state index is 12.5. The number of hydrogen-bond donors (Lipinski definition) is 2. The van der Waals surface area contributed by atoms with Crippen LogP contribution in [0.1, 0.15) is 15.9 Å². The fourth-order valence-corrected chi connectivity index (χ4v) is 2.67. The van der Waals surface area contributed by atoms with Crippen LogP contribution < -0.4 is 17.0 Å². The Bertz CT molecular complexity index is 1000. The summed E-state index contributed by atoms with van der Waals surface area (Å²) < 4.78 is 1.18. The van der Waals surface area contributed by atoms with Gasteiger partial charge in [-0.25, -0.2) is 4.68 Å². The highest BCUT2D eigenvalue weighted by Crippen LogP contribution is 2.22. The number of hydrogen-bond acceptors (Lipinski definition) is 5. The summed E-state index contributed by atoms with van der Waals surface area (Å²) in [6.45, 7) is 0.149. The number of primary amides is 1. The van der Waals surface area contributed by atoms with Crippen molar-refractivity contribution in [3.63, 3.8) is 0 Å². The summed E-state index contributed by atoms with van der Waals surface area (Å²) in [6.07, 6.45) is 3.10. The summed E-state index contributed by atoms with van der Waals surface area (Å²) in [5, 5.41) is 4.83. The van der Waals surface area contributed by atoms with Gasteiger partial charge in [0.25, 0.3) is 11.5 Å². The molecule has 0 aliphatic carbocycles. The third-order valence-corrected chi connectivity index (χ3v) is 3.83. The van der Waals surface area contributed by atoms with E-state index in [0.717, 1.165) is 5.56 Å². The van der Waals surface area contributed by atoms with Crippen LogP contribution in [0.25, 0.3) is 11.3 Å². The second-order valence-electron chi connectivity index (χ2n) is 5.34. The number of nitrogens with two attached hydrogens (primary N) is 2. The number of amides is 1. The molecule has 0 radical (unpaired) electrons. The topological polar surface area (TPSA) is 117 Å². The Kier molecular flexibility index (Phi) is 4.49. The van der Waals surface area contributed by atoms with Crippen LogP contribution in [0.3, 0.4) is 0 Å². The summed E-state index contributed by atoms with van der Waals surface area (Å²) in [5.74, 6) is -0.823. The third kappa shape index (κ3) is 3.36. The molecule has 2 aromatic heterocycles. The van der Waals surface area contributed by atoms with Gasteiger partial charge in [0, 0.05) is 23.0 Å². The minimum atomic E-state index is -0.823. The summed E-state index contributed by atoms with van der Waals surface area (Å²) in [6, 6.07) is 10.4. The molecule has 0 aliphatic rings. The van der Waals surface area contributed by atoms with Gasteiger partial charge in [-0.05, 0) is 29.8 Å². The molecule has 8 heteroatoms. The van der Waals surface area contributed by atoms with Crippen LogP contribution in [0.5, 0.6) is 0 Å². The van der Waals surface area contributed by atoms with Gasteiger partial charge in [-0.15, -0.1) is 0 Å². The van der Waals surface area contributed by atoms with Crippen molar-refractivity contribution in [2.75, 3.05) is 5.73 Å². The molecule has 0 unspecified atom stereocenters. The Morgan fingerprint density at radius 2 is 2.04 bits per heavy atom. The van der Waals surface area contributed by atoms with Crippen molar-refractivity contribution >= 4 is 23.2 Å². The van der Waals surface area contributed by atoms with E-state index >= 15 is 0 Å². The van der Waals surface area contributed by atoms with Crippen molar-refractivity contribution in [3.05, 3.63) is 75.3 Å². The molecule has 25 heavy (non-hydrogen) atoms. The summed E-state index contributed by atoms with van der Waals surface area (Å²) in [4.78, 5) is 28.3. The lowest BCUT2D eigenvalue weighted by atomic mass is 10.1. The minimum absolute atomic E-state index is 0.111. The molecule has 0 saturated heterocycles. The standard InChI is InChI=1S/C17H14ClN5O2/c18-12-5-1-3-10(7-12)9-23-17(25)14(19)13(16(20)24)15(22-23)11-4-2-6-21-8-11/h1-8H,9,19H2,(H2,20,24). The van der Waals surface area contributed by atoms with Gasteiger partial charge < -0.3 is 11.5 Å². The second kappa shape index (κ2) is 6.74. The highest BCUT2D eigenvalue weighted by atomic mass is 35.5. The number of halogens is 1. The van der Waals surface area contributed by atoms with Gasteiger partial charge in [0.2, 0.25) is 0 Å². The Labute approximate surface area is 147 Å². The van der Waals surface area contributed by atoms with Crippen molar-refractivity contribution in [2.24, 2.45) is 5.73 Å². The fraction of sp³-hybridized carbons (Fsp3) is 0.0588. The largest absolute Gasteiger partial charge is 0.393 e. The van der Waals surface area contributed by atoms with Gasteiger partial charge in [-0.3, -0.25) is 14.6 Å². The lowest BCUT2D eigenvalue weighted by Gasteiger charge is -2.13. The van der Waals surface area contributed by atoms with E-state index in [2.05, 4.69) is 10.1 Å². The number of anilines is 1. The van der Waals surface area contributed by atoms with Gasteiger partial charge in [0.1, 0.15) is 11.4 Å². The quantitative estimate of drug-likeness (QED) is 0.738. The van der Waals surface area contributed by atoms with Crippen molar-refractivity contribution in [1.82, 2.24) is 14.8 Å². The molecule has 126 valence electrons. The van der Waals surface area contributed by atoms with E-state index in [1.807, 2.05) is 6.07 Å². The molecule has 0 aliphatic heterocycles. The van der Waals surface area contributed by atoms with Gasteiger partial charge in [0.15, 0.2) is 0 Å². The first-order valence-corrected chi connectivity index (χ1v) is 7.70. The van der Waals surface area contributed by atoms with E-state index in [-0.39, 0.29) is 23.5 Å². The molecule has 2 heterocycles. The lowest BCUT2D eigenvalue weighted by Crippen LogP contribution is -2.31. The predicted octanol–water partition coefficient (Wildman–Crippen LogP) is 1.69. The van der Waals surface area contributed by atoms with E-state index in [4.69, 9.17) is 23.1 Å². The Balaban J connectivity index is 2.19. The molecule has 0 spiro atoms. The molecule has 0 bridgehead atoms. The van der Waals surface area contributed by atoms with Crippen LogP contribution in [-0.2, 0) is 6.54 Å². The van der Waals surface area contributed by atoms with Gasteiger partial charge in [0.05, 0.1) is 12.1 Å². The maximum absolute atomic E-state index is 12.5. The normalized spacial score (nSPS) is 10.6. The van der Waals surface area contributed by atoms with Crippen LogP contribution in [0, 0.1) is 0 Å².